The van der Waals surface area contributed by atoms with E-state index >= 15 is 0 Å². The molecule has 1 fully saturated rings. The summed E-state index contributed by atoms with van der Waals surface area (Å²) in [5, 5.41) is 38.8. The lowest BCUT2D eigenvalue weighted by molar-refractivity contribution is 0.234. The predicted molar refractivity (Wildman–Crippen MR) is 116 cm³/mol. The molecule has 7 nitrogen and oxygen atoms in total. The first-order valence-corrected chi connectivity index (χ1v) is 10.6. The van der Waals surface area contributed by atoms with E-state index < -0.39 is 17.3 Å². The maximum Gasteiger partial charge on any atom is 0.189 e. The molecule has 3 rings (SSSR count). The third kappa shape index (κ3) is 3.76. The van der Waals surface area contributed by atoms with Crippen LogP contribution >= 0.6 is 0 Å². The Bertz CT molecular complexity index is 996. The zero-order valence-corrected chi connectivity index (χ0v) is 18.2. The molecule has 1 saturated carbocycles. The second-order valence-electron chi connectivity index (χ2n) is 8.00. The van der Waals surface area contributed by atoms with E-state index in [1.165, 1.54) is 0 Å². The SMILES string of the molecule is CCCOc1ccc([C@H]2[C@@H]3CN(C)CC=C3[C@@H](C#N)C(=N)C2(C#N)C#N)cc1OCC. The largest absolute Gasteiger partial charge is 0.490 e. The maximum atomic E-state index is 10.1. The van der Waals surface area contributed by atoms with Crippen molar-refractivity contribution in [2.45, 2.75) is 26.2 Å². The van der Waals surface area contributed by atoms with Crippen molar-refractivity contribution in [1.82, 2.24) is 4.90 Å². The van der Waals surface area contributed by atoms with Crippen LogP contribution < -0.4 is 9.47 Å². The molecular weight excluding hydrogens is 390 g/mol. The third-order valence-corrected chi connectivity index (χ3v) is 6.06. The van der Waals surface area contributed by atoms with E-state index in [4.69, 9.17) is 14.9 Å². The molecule has 7 heteroatoms. The molecule has 1 aromatic rings. The van der Waals surface area contributed by atoms with Gasteiger partial charge >= 0.3 is 0 Å². The Labute approximate surface area is 183 Å². The molecule has 0 bridgehead atoms. The van der Waals surface area contributed by atoms with Gasteiger partial charge in [0.25, 0.3) is 0 Å². The van der Waals surface area contributed by atoms with E-state index in [2.05, 4.69) is 23.1 Å². The summed E-state index contributed by atoms with van der Waals surface area (Å²) in [7, 11) is 1.97. The number of nitriles is 3. The predicted octanol–water partition coefficient (Wildman–Crippen LogP) is 3.65. The molecule has 0 aromatic heterocycles. The standard InChI is InChI=1S/C24H27N5O2/c1-4-10-31-20-7-6-16(11-21(20)30-5-2)22-19-13-29(3)9-8-17(19)18(12-25)23(28)24(22,14-26)15-27/h6-8,11,18-19,22,28H,4-5,9-10,13H2,1-3H3/t18-,19-,22+/m1/s1. The second kappa shape index (κ2) is 9.21. The lowest BCUT2D eigenvalue weighted by atomic mass is 9.54. The van der Waals surface area contributed by atoms with Crippen molar-refractivity contribution in [3.05, 3.63) is 35.4 Å². The van der Waals surface area contributed by atoms with Gasteiger partial charge in [-0.25, -0.2) is 0 Å². The molecule has 160 valence electrons. The average molecular weight is 418 g/mol. The van der Waals surface area contributed by atoms with Gasteiger partial charge in [-0.2, -0.15) is 15.8 Å². The van der Waals surface area contributed by atoms with Crippen molar-refractivity contribution in [3.8, 4) is 29.7 Å². The van der Waals surface area contributed by atoms with E-state index in [0.29, 0.717) is 37.8 Å². The van der Waals surface area contributed by atoms with E-state index in [0.717, 1.165) is 17.6 Å². The number of fused-ring (bicyclic) bond motifs is 1. The lowest BCUT2D eigenvalue weighted by Gasteiger charge is -2.47. The maximum absolute atomic E-state index is 10.1. The Morgan fingerprint density at radius 3 is 2.52 bits per heavy atom. The smallest absolute Gasteiger partial charge is 0.189 e. The van der Waals surface area contributed by atoms with Gasteiger partial charge in [0.05, 0.1) is 37.1 Å². The van der Waals surface area contributed by atoms with Crippen LogP contribution in [0.2, 0.25) is 0 Å². The molecule has 31 heavy (non-hydrogen) atoms. The van der Waals surface area contributed by atoms with Crippen LogP contribution in [0.15, 0.2) is 29.8 Å². The van der Waals surface area contributed by atoms with Crippen molar-refractivity contribution < 1.29 is 9.47 Å². The van der Waals surface area contributed by atoms with Gasteiger partial charge in [-0.1, -0.05) is 19.1 Å². The van der Waals surface area contributed by atoms with Crippen LogP contribution in [-0.4, -0.2) is 44.0 Å². The molecule has 2 aliphatic rings. The molecule has 0 unspecified atom stereocenters. The van der Waals surface area contributed by atoms with E-state index in [-0.39, 0.29) is 11.6 Å². The molecule has 3 atom stereocenters. The fourth-order valence-corrected chi connectivity index (χ4v) is 4.65. The molecule has 1 N–H and O–H groups in total. The van der Waals surface area contributed by atoms with Crippen LogP contribution in [0.4, 0.5) is 0 Å². The van der Waals surface area contributed by atoms with Crippen LogP contribution in [0.3, 0.4) is 0 Å². The molecule has 0 radical (unpaired) electrons. The molecule has 1 aliphatic heterocycles. The summed E-state index contributed by atoms with van der Waals surface area (Å²) in [5.74, 6) is -0.499. The molecule has 1 aromatic carbocycles. The van der Waals surface area contributed by atoms with Crippen molar-refractivity contribution in [1.29, 1.82) is 21.2 Å². The highest BCUT2D eigenvalue weighted by Crippen LogP contribution is 2.54. The number of benzene rings is 1. The fraction of sp³-hybridized carbons (Fsp3) is 0.500. The zero-order chi connectivity index (χ0) is 22.6. The van der Waals surface area contributed by atoms with Crippen molar-refractivity contribution in [2.75, 3.05) is 33.4 Å². The first-order chi connectivity index (χ1) is 15.0. The van der Waals surface area contributed by atoms with E-state index in [1.807, 2.05) is 45.2 Å². The molecule has 1 heterocycles. The van der Waals surface area contributed by atoms with Gasteiger partial charge in [0.1, 0.15) is 5.92 Å². The van der Waals surface area contributed by atoms with Crippen LogP contribution in [0.1, 0.15) is 31.7 Å². The lowest BCUT2D eigenvalue weighted by Crippen LogP contribution is -2.52. The molecular formula is C24H27N5O2. The Balaban J connectivity index is 2.19. The number of hydrogen-bond acceptors (Lipinski definition) is 7. The van der Waals surface area contributed by atoms with Crippen molar-refractivity contribution in [2.24, 2.45) is 17.3 Å². The summed E-state index contributed by atoms with van der Waals surface area (Å²) in [6.07, 6.45) is 2.83. The number of nitrogens with one attached hydrogen (secondary N) is 1. The van der Waals surface area contributed by atoms with Crippen LogP contribution in [0, 0.1) is 56.7 Å². The monoisotopic (exact) mass is 417 g/mol. The number of hydrogen-bond donors (Lipinski definition) is 1. The van der Waals surface area contributed by atoms with Crippen molar-refractivity contribution in [3.63, 3.8) is 0 Å². The normalized spacial score (nSPS) is 24.7. The summed E-state index contributed by atoms with van der Waals surface area (Å²) in [4.78, 5) is 2.10. The number of rotatable bonds is 6. The topological polar surface area (TPSA) is 117 Å². The fourth-order valence-electron chi connectivity index (χ4n) is 4.65. The quantitative estimate of drug-likeness (QED) is 0.706. The minimum absolute atomic E-state index is 0.138. The first-order valence-electron chi connectivity index (χ1n) is 10.6. The van der Waals surface area contributed by atoms with Gasteiger partial charge < -0.3 is 19.8 Å². The van der Waals surface area contributed by atoms with Crippen LogP contribution in [0.5, 0.6) is 11.5 Å². The van der Waals surface area contributed by atoms with Gasteiger partial charge in [0.15, 0.2) is 16.9 Å². The number of ether oxygens (including phenoxy) is 2. The average Bonchev–Trinajstić information content (AvgIpc) is 2.78. The van der Waals surface area contributed by atoms with Crippen LogP contribution in [0.25, 0.3) is 0 Å². The van der Waals surface area contributed by atoms with E-state index in [9.17, 15) is 15.8 Å². The molecule has 0 spiro atoms. The summed E-state index contributed by atoms with van der Waals surface area (Å²) in [6, 6.07) is 11.9. The highest BCUT2D eigenvalue weighted by Gasteiger charge is 2.57. The Hall–Kier alpha value is -3.34. The second-order valence-corrected chi connectivity index (χ2v) is 8.00. The molecule has 0 amide bonds. The Kier molecular flexibility index (Phi) is 6.64. The molecule has 0 saturated heterocycles. The van der Waals surface area contributed by atoms with Gasteiger partial charge in [0, 0.05) is 24.9 Å². The summed E-state index contributed by atoms with van der Waals surface area (Å²) in [5.41, 5.74) is -0.291. The van der Waals surface area contributed by atoms with Gasteiger partial charge in [-0.05, 0) is 43.7 Å². The highest BCUT2D eigenvalue weighted by atomic mass is 16.5. The zero-order valence-electron chi connectivity index (χ0n) is 18.2. The Morgan fingerprint density at radius 1 is 1.16 bits per heavy atom. The number of likely N-dealkylation sites (N-methyl/N-ethyl adjacent to an activating group) is 1. The summed E-state index contributed by atoms with van der Waals surface area (Å²) >= 11 is 0. The first kappa shape index (κ1) is 22.3. The molecule has 1 aliphatic carbocycles. The van der Waals surface area contributed by atoms with Gasteiger partial charge in [0.2, 0.25) is 0 Å². The summed E-state index contributed by atoms with van der Waals surface area (Å²) < 4.78 is 11.6. The third-order valence-electron chi connectivity index (χ3n) is 6.06. The van der Waals surface area contributed by atoms with Crippen molar-refractivity contribution >= 4 is 5.71 Å². The van der Waals surface area contributed by atoms with Crippen LogP contribution in [-0.2, 0) is 0 Å². The summed E-state index contributed by atoms with van der Waals surface area (Å²) in [6.45, 7) is 6.18. The number of nitrogens with zero attached hydrogens (tertiary/aromatic N) is 4. The van der Waals surface area contributed by atoms with Gasteiger partial charge in [-0.3, -0.25) is 0 Å². The van der Waals surface area contributed by atoms with E-state index in [1.54, 1.807) is 0 Å². The minimum Gasteiger partial charge on any atom is -0.490 e. The minimum atomic E-state index is -1.73. The van der Waals surface area contributed by atoms with Gasteiger partial charge in [-0.15, -0.1) is 0 Å². The Morgan fingerprint density at radius 2 is 1.90 bits per heavy atom. The highest BCUT2D eigenvalue weighted by molar-refractivity contribution is 6.00.